The van der Waals surface area contributed by atoms with Crippen LogP contribution in [0.25, 0.3) is 11.0 Å². The van der Waals surface area contributed by atoms with Crippen molar-refractivity contribution in [2.45, 2.75) is 62.8 Å². The normalized spacial score (nSPS) is 33.9. The van der Waals surface area contributed by atoms with Gasteiger partial charge >= 0.3 is 0 Å². The van der Waals surface area contributed by atoms with Gasteiger partial charge in [-0.25, -0.2) is 0 Å². The van der Waals surface area contributed by atoms with Crippen molar-refractivity contribution in [2.24, 2.45) is 17.8 Å². The Morgan fingerprint density at radius 2 is 1.84 bits per heavy atom. The minimum Gasteiger partial charge on any atom is -0.464 e. The van der Waals surface area contributed by atoms with Crippen LogP contribution >= 0.6 is 0 Å². The fourth-order valence-electron chi connectivity index (χ4n) is 7.09. The van der Waals surface area contributed by atoms with Crippen molar-refractivity contribution in [1.29, 1.82) is 0 Å². The van der Waals surface area contributed by atoms with Crippen LogP contribution in [0.5, 0.6) is 0 Å². The highest BCUT2D eigenvalue weighted by atomic mass is 16.3. The number of rotatable bonds is 3. The van der Waals surface area contributed by atoms with Crippen molar-refractivity contribution in [2.75, 3.05) is 6.54 Å². The first-order chi connectivity index (χ1) is 15.1. The molecule has 7 rings (SSSR count). The molecular weight excluding hydrogens is 388 g/mol. The molecule has 1 aliphatic heterocycles. The van der Waals surface area contributed by atoms with Gasteiger partial charge in [0.1, 0.15) is 5.58 Å². The third kappa shape index (κ3) is 3.47. The summed E-state index contributed by atoms with van der Waals surface area (Å²) in [6.45, 7) is 0.718. The third-order valence-electron chi connectivity index (χ3n) is 8.04. The molecule has 1 unspecified atom stereocenters. The predicted octanol–water partition coefficient (Wildman–Crippen LogP) is 3.86. The van der Waals surface area contributed by atoms with Crippen LogP contribution in [-0.2, 0) is 9.59 Å². The number of carbonyl (C=O) groups is 2. The van der Waals surface area contributed by atoms with E-state index >= 15 is 0 Å². The van der Waals surface area contributed by atoms with Crippen LogP contribution in [0.1, 0.15) is 68.4 Å². The zero-order valence-corrected chi connectivity index (χ0v) is 17.7. The van der Waals surface area contributed by atoms with E-state index in [-0.39, 0.29) is 17.7 Å². The summed E-state index contributed by atoms with van der Waals surface area (Å²) in [7, 11) is 0. The van der Waals surface area contributed by atoms with Crippen molar-refractivity contribution in [3.63, 3.8) is 0 Å². The maximum Gasteiger partial charge on any atom is 0.234 e. The second-order valence-corrected chi connectivity index (χ2v) is 10.3. The summed E-state index contributed by atoms with van der Waals surface area (Å²) >= 11 is 0. The Kier molecular flexibility index (Phi) is 4.47. The Bertz CT molecular complexity index is 1080. The molecule has 2 aromatic rings. The Balaban J connectivity index is 1.17. The Labute approximate surface area is 182 Å². The van der Waals surface area contributed by atoms with Crippen molar-refractivity contribution < 1.29 is 14.0 Å². The summed E-state index contributed by atoms with van der Waals surface area (Å²) < 4.78 is 5.67. The van der Waals surface area contributed by atoms with E-state index in [0.717, 1.165) is 46.4 Å². The van der Waals surface area contributed by atoms with Gasteiger partial charge in [0, 0.05) is 28.5 Å². The molecule has 4 aliphatic carbocycles. The molecule has 5 heteroatoms. The molecule has 31 heavy (non-hydrogen) atoms. The summed E-state index contributed by atoms with van der Waals surface area (Å²) in [5, 5.41) is 7.18. The maximum absolute atomic E-state index is 12.3. The number of furan rings is 1. The minimum atomic E-state index is -0.347. The molecule has 5 fully saturated rings. The lowest BCUT2D eigenvalue weighted by Crippen LogP contribution is -2.58. The quantitative estimate of drug-likeness (QED) is 0.589. The molecule has 4 saturated carbocycles. The van der Waals surface area contributed by atoms with E-state index in [2.05, 4.69) is 22.5 Å². The molecule has 0 spiro atoms. The van der Waals surface area contributed by atoms with Crippen LogP contribution in [0.4, 0.5) is 0 Å². The highest BCUT2D eigenvalue weighted by Crippen LogP contribution is 2.55. The second kappa shape index (κ2) is 7.24. The first kappa shape index (κ1) is 19.1. The lowest BCUT2D eigenvalue weighted by molar-refractivity contribution is -0.134. The van der Waals surface area contributed by atoms with Gasteiger partial charge in [-0.05, 0) is 80.9 Å². The van der Waals surface area contributed by atoms with Gasteiger partial charge in [-0.1, -0.05) is 11.8 Å². The monoisotopic (exact) mass is 416 g/mol. The number of carbonyl (C=O) groups excluding carboxylic acids is 2. The summed E-state index contributed by atoms with van der Waals surface area (Å²) in [6, 6.07) is 5.90. The molecule has 5 nitrogen and oxygen atoms in total. The van der Waals surface area contributed by atoms with E-state index in [0.29, 0.717) is 18.4 Å². The van der Waals surface area contributed by atoms with Crippen LogP contribution in [0.2, 0.25) is 0 Å². The molecule has 1 aromatic carbocycles. The van der Waals surface area contributed by atoms with Crippen LogP contribution < -0.4 is 10.6 Å². The zero-order chi connectivity index (χ0) is 21.0. The smallest absolute Gasteiger partial charge is 0.234 e. The summed E-state index contributed by atoms with van der Waals surface area (Å²) in [4.78, 5) is 23.8. The molecule has 160 valence electrons. The van der Waals surface area contributed by atoms with Crippen LogP contribution in [0.3, 0.4) is 0 Å². The first-order valence-electron chi connectivity index (χ1n) is 11.7. The lowest BCUT2D eigenvalue weighted by Gasteiger charge is -2.57. The number of benzene rings is 1. The third-order valence-corrected chi connectivity index (χ3v) is 8.04. The summed E-state index contributed by atoms with van der Waals surface area (Å²) in [5.41, 5.74) is 2.85. The highest BCUT2D eigenvalue weighted by molar-refractivity contribution is 6.02. The molecule has 4 bridgehead atoms. The van der Waals surface area contributed by atoms with Crippen LogP contribution in [-0.4, -0.2) is 23.9 Å². The number of amides is 2. The minimum absolute atomic E-state index is 0.202. The molecule has 0 radical (unpaired) electrons. The van der Waals surface area contributed by atoms with E-state index in [1.54, 1.807) is 6.26 Å². The van der Waals surface area contributed by atoms with Crippen molar-refractivity contribution >= 4 is 22.8 Å². The van der Waals surface area contributed by atoms with Gasteiger partial charge in [0.05, 0.1) is 18.7 Å². The molecule has 1 atom stereocenters. The summed E-state index contributed by atoms with van der Waals surface area (Å²) in [5.74, 6) is 8.63. The van der Waals surface area contributed by atoms with Gasteiger partial charge in [0.25, 0.3) is 0 Å². The predicted molar refractivity (Wildman–Crippen MR) is 117 cm³/mol. The van der Waals surface area contributed by atoms with E-state index in [1.165, 1.54) is 38.5 Å². The fraction of sp³-hybridized carbons (Fsp3) is 0.538. The summed E-state index contributed by atoms with van der Waals surface area (Å²) in [6.07, 6.45) is 10.9. The van der Waals surface area contributed by atoms with Gasteiger partial charge in [0.2, 0.25) is 11.8 Å². The number of imide groups is 1. The van der Waals surface area contributed by atoms with Crippen molar-refractivity contribution in [1.82, 2.24) is 10.6 Å². The second-order valence-electron chi connectivity index (χ2n) is 10.3. The Morgan fingerprint density at radius 3 is 2.55 bits per heavy atom. The Hall–Kier alpha value is -2.58. The fourth-order valence-corrected chi connectivity index (χ4v) is 7.09. The average Bonchev–Trinajstić information content (AvgIpc) is 3.13. The number of fused-ring (bicyclic) bond motifs is 1. The van der Waals surface area contributed by atoms with Gasteiger partial charge in [-0.3, -0.25) is 14.9 Å². The van der Waals surface area contributed by atoms with E-state index < -0.39 is 0 Å². The standard InChI is InChI=1S/C26H28N2O3/c29-24-6-4-20(25(30)28-24)22-15-31-23-5-3-16(11-21(22)23)2-1-7-27-26-12-17-8-18(13-26)10-19(9-17)14-26/h3,5,11,15,17-20,27H,4,6-10,12-14H2,(H,28,29,30). The largest absolute Gasteiger partial charge is 0.464 e. The molecule has 5 aliphatic rings. The van der Waals surface area contributed by atoms with Crippen molar-refractivity contribution in [3.05, 3.63) is 35.6 Å². The lowest BCUT2D eigenvalue weighted by atomic mass is 9.53. The van der Waals surface area contributed by atoms with Crippen LogP contribution in [0.15, 0.2) is 28.9 Å². The Morgan fingerprint density at radius 1 is 1.10 bits per heavy atom. The topological polar surface area (TPSA) is 71.3 Å². The van der Waals surface area contributed by atoms with Gasteiger partial charge in [-0.15, -0.1) is 0 Å². The van der Waals surface area contributed by atoms with Gasteiger partial charge < -0.3 is 9.73 Å². The SMILES string of the molecule is O=C1CCC(c2coc3ccc(C#CCNC45CC6CC(CC(C6)C4)C5)cc23)C(=O)N1. The molecule has 2 heterocycles. The molecule has 1 aromatic heterocycles. The number of hydrogen-bond donors (Lipinski definition) is 2. The number of piperidine rings is 1. The van der Waals surface area contributed by atoms with E-state index in [9.17, 15) is 9.59 Å². The zero-order valence-electron chi connectivity index (χ0n) is 17.7. The van der Waals surface area contributed by atoms with E-state index in [4.69, 9.17) is 4.42 Å². The van der Waals surface area contributed by atoms with Crippen LogP contribution in [0, 0.1) is 29.6 Å². The highest BCUT2D eigenvalue weighted by Gasteiger charge is 2.50. The molecule has 2 N–H and O–H groups in total. The van der Waals surface area contributed by atoms with E-state index in [1.807, 2.05) is 18.2 Å². The molecule has 2 amide bonds. The van der Waals surface area contributed by atoms with Gasteiger partial charge in [-0.2, -0.15) is 0 Å². The molecule has 1 saturated heterocycles. The maximum atomic E-state index is 12.3. The number of hydrogen-bond acceptors (Lipinski definition) is 4. The average molecular weight is 417 g/mol. The van der Waals surface area contributed by atoms with Gasteiger partial charge in [0.15, 0.2) is 0 Å². The van der Waals surface area contributed by atoms with Crippen molar-refractivity contribution in [3.8, 4) is 11.8 Å². The first-order valence-corrected chi connectivity index (χ1v) is 11.7. The molecular formula is C26H28N2O3. The number of nitrogens with one attached hydrogen (secondary N) is 2.